The highest BCUT2D eigenvalue weighted by Crippen LogP contribution is 2.26. The number of ether oxygens (including phenoxy) is 1. The van der Waals surface area contributed by atoms with Gasteiger partial charge in [0.1, 0.15) is 12.1 Å². The summed E-state index contributed by atoms with van der Waals surface area (Å²) in [5.41, 5.74) is -0.551. The molecule has 1 aliphatic carbocycles. The minimum atomic E-state index is -0.551. The maximum absolute atomic E-state index is 12.1. The minimum Gasteiger partial charge on any atom is -0.444 e. The van der Waals surface area contributed by atoms with Gasteiger partial charge in [0.15, 0.2) is 0 Å². The van der Waals surface area contributed by atoms with Gasteiger partial charge in [-0.2, -0.15) is 0 Å². The number of amides is 2. The van der Waals surface area contributed by atoms with Crippen LogP contribution in [0.3, 0.4) is 0 Å². The van der Waals surface area contributed by atoms with Crippen LogP contribution in [0.5, 0.6) is 0 Å². The molecular weight excluding hydrogens is 294 g/mol. The van der Waals surface area contributed by atoms with Gasteiger partial charge in [-0.25, -0.2) is 4.79 Å². The van der Waals surface area contributed by atoms with Crippen molar-refractivity contribution in [3.05, 3.63) is 0 Å². The Labute approximate surface area is 139 Å². The molecule has 0 radical (unpaired) electrons. The van der Waals surface area contributed by atoms with Crippen LogP contribution in [0.1, 0.15) is 59.3 Å². The molecule has 0 bridgehead atoms. The van der Waals surface area contributed by atoms with Crippen molar-refractivity contribution in [1.82, 2.24) is 15.5 Å². The average molecular weight is 325 g/mol. The van der Waals surface area contributed by atoms with Gasteiger partial charge in [-0.1, -0.05) is 12.8 Å². The van der Waals surface area contributed by atoms with Crippen molar-refractivity contribution < 1.29 is 14.3 Å². The van der Waals surface area contributed by atoms with E-state index in [0.29, 0.717) is 6.04 Å². The molecule has 1 heterocycles. The molecule has 2 atom stereocenters. The highest BCUT2D eigenvalue weighted by atomic mass is 16.6. The summed E-state index contributed by atoms with van der Waals surface area (Å²) < 4.78 is 5.14. The third-order valence-corrected chi connectivity index (χ3v) is 4.48. The Morgan fingerprint density at radius 2 is 1.74 bits per heavy atom. The lowest BCUT2D eigenvalue weighted by Gasteiger charge is -2.38. The average Bonchev–Trinajstić information content (AvgIpc) is 2.98. The first-order valence-corrected chi connectivity index (χ1v) is 8.85. The van der Waals surface area contributed by atoms with Gasteiger partial charge in [-0.15, -0.1) is 0 Å². The number of hydrogen-bond acceptors (Lipinski definition) is 4. The number of alkyl carbamates (subject to hydrolysis) is 1. The number of likely N-dealkylation sites (tertiary alicyclic amines) is 1. The Hall–Kier alpha value is -1.30. The SMILES string of the molecule is CC(C)(C)OC(=O)NCC(=O)N[C@H]1CCCC[C@H]1N1CCCC1. The number of nitrogens with one attached hydrogen (secondary N) is 2. The topological polar surface area (TPSA) is 70.7 Å². The van der Waals surface area contributed by atoms with Crippen molar-refractivity contribution in [2.75, 3.05) is 19.6 Å². The lowest BCUT2D eigenvalue weighted by atomic mass is 9.89. The van der Waals surface area contributed by atoms with Crippen LogP contribution < -0.4 is 10.6 Å². The summed E-state index contributed by atoms with van der Waals surface area (Å²) in [6.07, 6.45) is 6.56. The zero-order chi connectivity index (χ0) is 16.9. The van der Waals surface area contributed by atoms with E-state index in [4.69, 9.17) is 4.74 Å². The maximum atomic E-state index is 12.1. The summed E-state index contributed by atoms with van der Waals surface area (Å²) in [7, 11) is 0. The largest absolute Gasteiger partial charge is 0.444 e. The summed E-state index contributed by atoms with van der Waals surface area (Å²) in [6.45, 7) is 7.67. The summed E-state index contributed by atoms with van der Waals surface area (Å²) >= 11 is 0. The molecule has 1 saturated heterocycles. The summed E-state index contributed by atoms with van der Waals surface area (Å²) in [5, 5.41) is 5.64. The van der Waals surface area contributed by atoms with Gasteiger partial charge in [0.2, 0.25) is 5.91 Å². The number of hydrogen-bond donors (Lipinski definition) is 2. The van der Waals surface area contributed by atoms with Crippen LogP contribution in [-0.4, -0.2) is 54.2 Å². The van der Waals surface area contributed by atoms with Gasteiger partial charge in [0, 0.05) is 12.1 Å². The summed E-state index contributed by atoms with van der Waals surface area (Å²) in [5.74, 6) is -0.132. The lowest BCUT2D eigenvalue weighted by Crippen LogP contribution is -2.54. The van der Waals surface area contributed by atoms with E-state index in [1.165, 1.54) is 19.3 Å². The fourth-order valence-corrected chi connectivity index (χ4v) is 3.51. The van der Waals surface area contributed by atoms with Crippen molar-refractivity contribution >= 4 is 12.0 Å². The standard InChI is InChI=1S/C17H31N3O3/c1-17(2,3)23-16(22)18-12-15(21)19-13-8-4-5-9-14(13)20-10-6-7-11-20/h13-14H,4-12H2,1-3H3,(H,18,22)(H,19,21)/t13-,14+/m0/s1. The molecule has 0 unspecified atom stereocenters. The molecule has 6 nitrogen and oxygen atoms in total. The molecule has 2 rings (SSSR count). The van der Waals surface area contributed by atoms with Crippen molar-refractivity contribution in [3.8, 4) is 0 Å². The zero-order valence-electron chi connectivity index (χ0n) is 14.7. The fourth-order valence-electron chi connectivity index (χ4n) is 3.51. The van der Waals surface area contributed by atoms with E-state index in [0.717, 1.165) is 32.4 Å². The van der Waals surface area contributed by atoms with Crippen LogP contribution in [0.4, 0.5) is 4.79 Å². The van der Waals surface area contributed by atoms with Crippen molar-refractivity contribution in [2.24, 2.45) is 0 Å². The third-order valence-electron chi connectivity index (χ3n) is 4.48. The van der Waals surface area contributed by atoms with Gasteiger partial charge in [-0.05, 0) is 59.5 Å². The molecule has 2 amide bonds. The maximum Gasteiger partial charge on any atom is 0.408 e. The number of rotatable bonds is 4. The number of carbonyl (C=O) groups is 2. The normalized spacial score (nSPS) is 25.9. The number of nitrogens with zero attached hydrogens (tertiary/aromatic N) is 1. The van der Waals surface area contributed by atoms with E-state index in [2.05, 4.69) is 15.5 Å². The smallest absolute Gasteiger partial charge is 0.408 e. The Bertz CT molecular complexity index is 414. The lowest BCUT2D eigenvalue weighted by molar-refractivity contribution is -0.121. The molecular formula is C17H31N3O3. The van der Waals surface area contributed by atoms with E-state index < -0.39 is 11.7 Å². The molecule has 1 saturated carbocycles. The first-order valence-electron chi connectivity index (χ1n) is 8.85. The zero-order valence-corrected chi connectivity index (χ0v) is 14.7. The predicted molar refractivity (Wildman–Crippen MR) is 89.2 cm³/mol. The van der Waals surface area contributed by atoms with E-state index in [9.17, 15) is 9.59 Å². The van der Waals surface area contributed by atoms with Crippen molar-refractivity contribution in [1.29, 1.82) is 0 Å². The Kier molecular flexibility index (Phi) is 6.27. The highest BCUT2D eigenvalue weighted by molar-refractivity contribution is 5.82. The molecule has 23 heavy (non-hydrogen) atoms. The highest BCUT2D eigenvalue weighted by Gasteiger charge is 2.32. The van der Waals surface area contributed by atoms with Crippen LogP contribution in [0.15, 0.2) is 0 Å². The second kappa shape index (κ2) is 7.99. The minimum absolute atomic E-state index is 0.0296. The van der Waals surface area contributed by atoms with E-state index in [-0.39, 0.29) is 18.5 Å². The Morgan fingerprint density at radius 3 is 2.39 bits per heavy atom. The molecule has 1 aliphatic heterocycles. The predicted octanol–water partition coefficient (Wildman–Crippen LogP) is 2.03. The van der Waals surface area contributed by atoms with Crippen molar-refractivity contribution in [3.63, 3.8) is 0 Å². The summed E-state index contributed by atoms with van der Waals surface area (Å²) in [6, 6.07) is 0.659. The first kappa shape index (κ1) is 18.0. The molecule has 0 spiro atoms. The Morgan fingerprint density at radius 1 is 1.09 bits per heavy atom. The first-order chi connectivity index (χ1) is 10.8. The molecule has 0 aromatic heterocycles. The second-order valence-corrected chi connectivity index (χ2v) is 7.62. The van der Waals surface area contributed by atoms with E-state index in [1.807, 2.05) is 0 Å². The van der Waals surface area contributed by atoms with Gasteiger partial charge in [0.25, 0.3) is 0 Å². The molecule has 6 heteroatoms. The van der Waals surface area contributed by atoms with Crippen molar-refractivity contribution in [2.45, 2.75) is 77.0 Å². The van der Waals surface area contributed by atoms with E-state index in [1.54, 1.807) is 20.8 Å². The van der Waals surface area contributed by atoms with Gasteiger partial charge in [-0.3, -0.25) is 9.69 Å². The molecule has 0 aromatic rings. The van der Waals surface area contributed by atoms with Gasteiger partial charge >= 0.3 is 6.09 Å². The molecule has 132 valence electrons. The van der Waals surface area contributed by atoms with Crippen LogP contribution >= 0.6 is 0 Å². The number of carbonyl (C=O) groups excluding carboxylic acids is 2. The fraction of sp³-hybridized carbons (Fsp3) is 0.882. The molecule has 2 fully saturated rings. The van der Waals surface area contributed by atoms with Gasteiger partial charge < -0.3 is 15.4 Å². The van der Waals surface area contributed by atoms with Crippen LogP contribution in [0.2, 0.25) is 0 Å². The second-order valence-electron chi connectivity index (χ2n) is 7.62. The summed E-state index contributed by atoms with van der Waals surface area (Å²) in [4.78, 5) is 26.3. The quantitative estimate of drug-likeness (QED) is 0.830. The molecule has 2 N–H and O–H groups in total. The molecule has 2 aliphatic rings. The van der Waals surface area contributed by atoms with Crippen LogP contribution in [0, 0.1) is 0 Å². The molecule has 0 aromatic carbocycles. The van der Waals surface area contributed by atoms with Crippen LogP contribution in [-0.2, 0) is 9.53 Å². The monoisotopic (exact) mass is 325 g/mol. The van der Waals surface area contributed by atoms with Gasteiger partial charge in [0.05, 0.1) is 0 Å². The third kappa shape index (κ3) is 6.01. The van der Waals surface area contributed by atoms with E-state index >= 15 is 0 Å². The van der Waals surface area contributed by atoms with Crippen LogP contribution in [0.25, 0.3) is 0 Å². The Balaban J connectivity index is 1.77.